The molecule has 1 amide bonds. The van der Waals surface area contributed by atoms with Gasteiger partial charge in [-0.05, 0) is 60.4 Å². The van der Waals surface area contributed by atoms with Crippen LogP contribution in [0.5, 0.6) is 0 Å². The zero-order valence-electron chi connectivity index (χ0n) is 17.2. The summed E-state index contributed by atoms with van der Waals surface area (Å²) in [6.07, 6.45) is 4.37. The van der Waals surface area contributed by atoms with Gasteiger partial charge in [-0.25, -0.2) is 4.68 Å². The molecular formula is C21H23ClN6O3. The second kappa shape index (κ2) is 7.64. The van der Waals surface area contributed by atoms with Crippen LogP contribution in [-0.2, 0) is 27.3 Å². The average molecular weight is 443 g/mol. The lowest BCUT2D eigenvalue weighted by molar-refractivity contribution is -0.171. The number of esters is 1. The Balaban J connectivity index is 1.61. The zero-order chi connectivity index (χ0) is 21.6. The van der Waals surface area contributed by atoms with Gasteiger partial charge >= 0.3 is 5.97 Å². The van der Waals surface area contributed by atoms with Gasteiger partial charge in [0.2, 0.25) is 5.91 Å². The third kappa shape index (κ3) is 3.18. The summed E-state index contributed by atoms with van der Waals surface area (Å²) in [6, 6.07) is 5.29. The van der Waals surface area contributed by atoms with Crippen molar-refractivity contribution >= 4 is 34.4 Å². The highest BCUT2D eigenvalue weighted by atomic mass is 35.5. The van der Waals surface area contributed by atoms with E-state index in [9.17, 15) is 9.59 Å². The van der Waals surface area contributed by atoms with Gasteiger partial charge < -0.3 is 14.6 Å². The molecule has 0 saturated heterocycles. The summed E-state index contributed by atoms with van der Waals surface area (Å²) < 4.78 is 6.90. The van der Waals surface area contributed by atoms with Crippen molar-refractivity contribution in [1.29, 1.82) is 0 Å². The molecule has 5 rings (SSSR count). The SMILES string of the molecule is CCOC(=O)C1(C2c3[nH]c4ccc(Cl)cc4c3CCN2C(=O)Cn2cnnn2)CCC1. The number of carbonyl (C=O) groups is 2. The summed E-state index contributed by atoms with van der Waals surface area (Å²) >= 11 is 6.26. The number of benzene rings is 1. The van der Waals surface area contributed by atoms with Crippen LogP contribution in [0.3, 0.4) is 0 Å². The summed E-state index contributed by atoms with van der Waals surface area (Å²) in [5.41, 5.74) is 2.21. The Morgan fingerprint density at radius 2 is 2.19 bits per heavy atom. The van der Waals surface area contributed by atoms with Crippen LogP contribution < -0.4 is 0 Å². The van der Waals surface area contributed by atoms with E-state index in [4.69, 9.17) is 16.3 Å². The number of aromatic amines is 1. The largest absolute Gasteiger partial charge is 0.465 e. The molecular weight excluding hydrogens is 420 g/mol. The Kier molecular flexibility index (Phi) is 4.92. The van der Waals surface area contributed by atoms with Crippen LogP contribution in [0.15, 0.2) is 24.5 Å². The van der Waals surface area contributed by atoms with Crippen molar-refractivity contribution < 1.29 is 14.3 Å². The molecule has 1 fully saturated rings. The van der Waals surface area contributed by atoms with Crippen LogP contribution >= 0.6 is 11.6 Å². The Hall–Kier alpha value is -2.94. The van der Waals surface area contributed by atoms with E-state index in [0.717, 1.165) is 28.6 Å². The van der Waals surface area contributed by atoms with Gasteiger partial charge in [-0.2, -0.15) is 0 Å². The van der Waals surface area contributed by atoms with Crippen molar-refractivity contribution in [2.75, 3.05) is 13.2 Å². The molecule has 1 aromatic carbocycles. The monoisotopic (exact) mass is 442 g/mol. The normalized spacial score (nSPS) is 19.7. The zero-order valence-corrected chi connectivity index (χ0v) is 17.9. The second-order valence-corrected chi connectivity index (χ2v) is 8.62. The fourth-order valence-electron chi connectivity index (χ4n) is 5.01. The molecule has 10 heteroatoms. The van der Waals surface area contributed by atoms with E-state index in [1.807, 2.05) is 25.1 Å². The van der Waals surface area contributed by atoms with E-state index in [2.05, 4.69) is 20.5 Å². The predicted octanol–water partition coefficient (Wildman–Crippen LogP) is 2.67. The number of aromatic nitrogens is 5. The number of halogens is 1. The van der Waals surface area contributed by atoms with Gasteiger partial charge in [0.1, 0.15) is 12.9 Å². The molecule has 2 aliphatic rings. The summed E-state index contributed by atoms with van der Waals surface area (Å²) in [6.45, 7) is 2.63. The highest BCUT2D eigenvalue weighted by molar-refractivity contribution is 6.31. The smallest absolute Gasteiger partial charge is 0.314 e. The van der Waals surface area contributed by atoms with Crippen molar-refractivity contribution in [3.63, 3.8) is 0 Å². The minimum atomic E-state index is -0.758. The maximum atomic E-state index is 13.3. The number of rotatable bonds is 5. The molecule has 0 spiro atoms. The third-order valence-electron chi connectivity index (χ3n) is 6.55. The van der Waals surface area contributed by atoms with Crippen molar-refractivity contribution in [3.05, 3.63) is 40.8 Å². The van der Waals surface area contributed by atoms with E-state index < -0.39 is 11.5 Å². The maximum Gasteiger partial charge on any atom is 0.314 e. The standard InChI is InChI=1S/C21H23ClN6O3/c1-2-31-20(30)21(7-3-8-21)19-18-14(15-10-13(22)4-5-16(15)24-18)6-9-28(19)17(29)11-27-12-23-25-26-27/h4-5,10,12,19,24H,2-3,6-9,11H2,1H3. The van der Waals surface area contributed by atoms with Crippen LogP contribution in [-0.4, -0.2) is 55.1 Å². The predicted molar refractivity (Wildman–Crippen MR) is 112 cm³/mol. The second-order valence-electron chi connectivity index (χ2n) is 8.18. The maximum absolute atomic E-state index is 13.3. The fraction of sp³-hybridized carbons (Fsp3) is 0.476. The molecule has 1 saturated carbocycles. The Morgan fingerprint density at radius 3 is 2.87 bits per heavy atom. The van der Waals surface area contributed by atoms with Crippen molar-refractivity contribution in [2.24, 2.45) is 5.41 Å². The summed E-state index contributed by atoms with van der Waals surface area (Å²) in [4.78, 5) is 31.8. The number of hydrogen-bond donors (Lipinski definition) is 1. The molecule has 1 aliphatic carbocycles. The minimum Gasteiger partial charge on any atom is -0.465 e. The van der Waals surface area contributed by atoms with E-state index >= 15 is 0 Å². The van der Waals surface area contributed by atoms with Gasteiger partial charge in [0.15, 0.2) is 0 Å². The molecule has 1 N–H and O–H groups in total. The molecule has 1 unspecified atom stereocenters. The van der Waals surface area contributed by atoms with Crippen molar-refractivity contribution in [1.82, 2.24) is 30.1 Å². The van der Waals surface area contributed by atoms with Crippen molar-refractivity contribution in [3.8, 4) is 0 Å². The van der Waals surface area contributed by atoms with Gasteiger partial charge in [-0.1, -0.05) is 18.0 Å². The Labute approximate surface area is 183 Å². The molecule has 0 radical (unpaired) electrons. The highest BCUT2D eigenvalue weighted by Gasteiger charge is 2.57. The number of fused-ring (bicyclic) bond motifs is 3. The van der Waals surface area contributed by atoms with Gasteiger partial charge in [-0.3, -0.25) is 9.59 Å². The number of amides is 1. The average Bonchev–Trinajstić information content (AvgIpc) is 3.35. The quantitative estimate of drug-likeness (QED) is 0.609. The number of nitrogens with one attached hydrogen (secondary N) is 1. The van der Waals surface area contributed by atoms with Gasteiger partial charge in [0.25, 0.3) is 0 Å². The fourth-order valence-corrected chi connectivity index (χ4v) is 5.18. The highest BCUT2D eigenvalue weighted by Crippen LogP contribution is 2.56. The molecule has 1 aliphatic heterocycles. The van der Waals surface area contributed by atoms with Crippen LogP contribution in [0.2, 0.25) is 5.02 Å². The van der Waals surface area contributed by atoms with Gasteiger partial charge in [-0.15, -0.1) is 5.10 Å². The van der Waals surface area contributed by atoms with Crippen molar-refractivity contribution in [2.45, 2.75) is 45.2 Å². The molecule has 1 atom stereocenters. The van der Waals surface area contributed by atoms with Gasteiger partial charge in [0.05, 0.1) is 18.1 Å². The Morgan fingerprint density at radius 1 is 1.35 bits per heavy atom. The molecule has 0 bridgehead atoms. The van der Waals surface area contributed by atoms with Gasteiger partial charge in [0, 0.05) is 28.2 Å². The molecule has 2 aromatic heterocycles. The first-order valence-electron chi connectivity index (χ1n) is 10.5. The van der Waals surface area contributed by atoms with Crippen LogP contribution in [0.25, 0.3) is 10.9 Å². The van der Waals surface area contributed by atoms with E-state index in [0.29, 0.717) is 37.4 Å². The third-order valence-corrected chi connectivity index (χ3v) is 6.78. The molecule has 31 heavy (non-hydrogen) atoms. The van der Waals surface area contributed by atoms with E-state index in [1.54, 1.807) is 4.90 Å². The topological polar surface area (TPSA) is 106 Å². The number of carbonyl (C=O) groups excluding carboxylic acids is 2. The number of hydrogen-bond acceptors (Lipinski definition) is 6. The lowest BCUT2D eigenvalue weighted by atomic mass is 9.61. The number of nitrogens with zero attached hydrogens (tertiary/aromatic N) is 5. The van der Waals surface area contributed by atoms with E-state index in [1.165, 1.54) is 11.0 Å². The molecule has 3 aromatic rings. The summed E-state index contributed by atoms with van der Waals surface area (Å²) in [5, 5.41) is 12.7. The number of H-pyrrole nitrogens is 1. The Bertz CT molecular complexity index is 1140. The first-order chi connectivity index (χ1) is 15.0. The minimum absolute atomic E-state index is 0.0177. The first-order valence-corrected chi connectivity index (χ1v) is 10.9. The summed E-state index contributed by atoms with van der Waals surface area (Å²) in [5.74, 6) is -0.369. The summed E-state index contributed by atoms with van der Waals surface area (Å²) in [7, 11) is 0. The van der Waals surface area contributed by atoms with Crippen LogP contribution in [0.1, 0.15) is 43.5 Å². The van der Waals surface area contributed by atoms with E-state index in [-0.39, 0.29) is 18.4 Å². The molecule has 9 nitrogen and oxygen atoms in total. The molecule has 162 valence electrons. The molecule has 3 heterocycles. The lowest BCUT2D eigenvalue weighted by Gasteiger charge is -2.51. The van der Waals surface area contributed by atoms with Crippen LogP contribution in [0.4, 0.5) is 0 Å². The first kappa shape index (κ1) is 20.0. The number of tetrazole rings is 1. The van der Waals surface area contributed by atoms with Crippen LogP contribution in [0, 0.1) is 5.41 Å². The lowest BCUT2D eigenvalue weighted by Crippen LogP contribution is -2.55. The number of ether oxygens (including phenoxy) is 1.